The molecule has 26 heavy (non-hydrogen) atoms. The number of alkyl halides is 2. The second-order valence-electron chi connectivity index (χ2n) is 7.13. The molecule has 0 amide bonds. The molecule has 2 heterocycles. The normalized spacial score (nSPS) is 18.7. The van der Waals surface area contributed by atoms with Crippen LogP contribution in [-0.2, 0) is 12.0 Å². The van der Waals surface area contributed by atoms with Gasteiger partial charge in [-0.15, -0.1) is 5.10 Å². The molecule has 3 aromatic rings. The molecule has 0 N–H and O–H groups in total. The number of hydrogen-bond acceptors (Lipinski definition) is 5. The minimum Gasteiger partial charge on any atom is -0.338 e. The number of nitrogens with zero attached hydrogens (tertiary/aromatic N) is 5. The van der Waals surface area contributed by atoms with Crippen LogP contribution in [0.1, 0.15) is 44.1 Å². The highest BCUT2D eigenvalue weighted by atomic mass is 19.3. The zero-order valence-electron chi connectivity index (χ0n) is 14.4. The molecule has 8 heteroatoms. The molecule has 1 saturated carbocycles. The van der Waals surface area contributed by atoms with E-state index in [1.807, 2.05) is 37.3 Å². The van der Waals surface area contributed by atoms with Crippen molar-refractivity contribution < 1.29 is 13.3 Å². The molecule has 4 rings (SSSR count). The Kier molecular flexibility index (Phi) is 4.05. The van der Waals surface area contributed by atoms with Gasteiger partial charge in [-0.25, -0.2) is 13.5 Å². The molecule has 0 spiro atoms. The second kappa shape index (κ2) is 6.26. The lowest BCUT2D eigenvalue weighted by molar-refractivity contribution is -0.0532. The van der Waals surface area contributed by atoms with Gasteiger partial charge in [0.2, 0.25) is 17.6 Å². The van der Waals surface area contributed by atoms with E-state index in [1.165, 1.54) is 0 Å². The molecule has 0 radical (unpaired) electrons. The van der Waals surface area contributed by atoms with Crippen LogP contribution in [0.3, 0.4) is 0 Å². The number of aromatic nitrogens is 5. The monoisotopic (exact) mass is 359 g/mol. The van der Waals surface area contributed by atoms with Crippen LogP contribution < -0.4 is 0 Å². The Bertz CT molecular complexity index is 880. The Labute approximate surface area is 149 Å². The van der Waals surface area contributed by atoms with Gasteiger partial charge in [-0.1, -0.05) is 47.6 Å². The Morgan fingerprint density at radius 3 is 2.58 bits per heavy atom. The maximum Gasteiger partial charge on any atom is 0.248 e. The Balaban J connectivity index is 1.50. The summed E-state index contributed by atoms with van der Waals surface area (Å²) in [6.07, 6.45) is 2.08. The summed E-state index contributed by atoms with van der Waals surface area (Å²) in [5.74, 6) is -1.87. The summed E-state index contributed by atoms with van der Waals surface area (Å²) >= 11 is 0. The number of halogens is 2. The smallest absolute Gasteiger partial charge is 0.248 e. The summed E-state index contributed by atoms with van der Waals surface area (Å²) < 4.78 is 33.9. The van der Waals surface area contributed by atoms with E-state index in [4.69, 9.17) is 4.52 Å². The van der Waals surface area contributed by atoms with Crippen molar-refractivity contribution in [2.24, 2.45) is 0 Å². The van der Waals surface area contributed by atoms with Gasteiger partial charge in [0.25, 0.3) is 0 Å². The van der Waals surface area contributed by atoms with E-state index in [0.29, 0.717) is 36.8 Å². The third-order valence-corrected chi connectivity index (χ3v) is 4.98. The Morgan fingerprint density at radius 1 is 1.12 bits per heavy atom. The highest BCUT2D eigenvalue weighted by Gasteiger charge is 2.44. The van der Waals surface area contributed by atoms with Crippen molar-refractivity contribution in [3.63, 3.8) is 0 Å². The van der Waals surface area contributed by atoms with Crippen LogP contribution in [0.2, 0.25) is 0 Å². The first-order valence-corrected chi connectivity index (χ1v) is 8.60. The lowest BCUT2D eigenvalue weighted by Crippen LogP contribution is -2.34. The van der Waals surface area contributed by atoms with E-state index < -0.39 is 11.3 Å². The van der Waals surface area contributed by atoms with E-state index in [2.05, 4.69) is 20.5 Å². The van der Waals surface area contributed by atoms with E-state index >= 15 is 0 Å². The van der Waals surface area contributed by atoms with Crippen LogP contribution in [0.4, 0.5) is 8.78 Å². The molecule has 0 aliphatic heterocycles. The summed E-state index contributed by atoms with van der Waals surface area (Å²) in [5.41, 5.74) is 1.08. The van der Waals surface area contributed by atoms with Crippen molar-refractivity contribution >= 4 is 0 Å². The van der Waals surface area contributed by atoms with Crippen LogP contribution in [0.5, 0.6) is 0 Å². The number of hydrogen-bond donors (Lipinski definition) is 0. The summed E-state index contributed by atoms with van der Waals surface area (Å²) in [7, 11) is 0. The molecular formula is C18H19F2N5O. The topological polar surface area (TPSA) is 69.6 Å². The van der Waals surface area contributed by atoms with Gasteiger partial charge in [0, 0.05) is 18.3 Å². The number of rotatable bonds is 4. The molecule has 0 saturated heterocycles. The van der Waals surface area contributed by atoms with Gasteiger partial charge in [0.15, 0.2) is 5.69 Å². The minimum absolute atomic E-state index is 0.158. The van der Waals surface area contributed by atoms with Gasteiger partial charge in [-0.2, -0.15) is 4.98 Å². The molecule has 1 fully saturated rings. The van der Waals surface area contributed by atoms with E-state index in [1.54, 1.807) is 10.9 Å². The van der Waals surface area contributed by atoms with Gasteiger partial charge in [0.05, 0.1) is 12.7 Å². The van der Waals surface area contributed by atoms with E-state index in [9.17, 15) is 8.78 Å². The molecule has 0 atom stereocenters. The third kappa shape index (κ3) is 3.36. The maximum absolute atomic E-state index is 13.4. The standard InChI is InChI=1S/C18H19F2N5O/c1-17(7-9-18(19,20)10-8-17)16-21-15(23-26-16)14-12-25(24-22-14)11-13-5-3-2-4-6-13/h2-6,12H,7-11H2,1H3. The fourth-order valence-corrected chi connectivity index (χ4v) is 3.20. The lowest BCUT2D eigenvalue weighted by Gasteiger charge is -2.34. The predicted molar refractivity (Wildman–Crippen MR) is 89.6 cm³/mol. The molecule has 6 nitrogen and oxygen atoms in total. The van der Waals surface area contributed by atoms with Gasteiger partial charge >= 0.3 is 0 Å². The lowest BCUT2D eigenvalue weighted by atomic mass is 9.74. The second-order valence-corrected chi connectivity index (χ2v) is 7.13. The molecule has 0 unspecified atom stereocenters. The predicted octanol–water partition coefficient (Wildman–Crippen LogP) is 3.84. The average molecular weight is 359 g/mol. The fourth-order valence-electron chi connectivity index (χ4n) is 3.20. The van der Waals surface area contributed by atoms with Crippen molar-refractivity contribution in [1.29, 1.82) is 0 Å². The zero-order chi connectivity index (χ0) is 18.2. The molecule has 0 bridgehead atoms. The summed E-state index contributed by atoms with van der Waals surface area (Å²) in [6.45, 7) is 2.48. The van der Waals surface area contributed by atoms with Crippen LogP contribution in [0.15, 0.2) is 41.1 Å². The molecule has 1 aliphatic rings. The van der Waals surface area contributed by atoms with Crippen molar-refractivity contribution in [3.8, 4) is 11.5 Å². The molecular weight excluding hydrogens is 340 g/mol. The van der Waals surface area contributed by atoms with Crippen LogP contribution in [-0.4, -0.2) is 31.1 Å². The summed E-state index contributed by atoms with van der Waals surface area (Å²) in [4.78, 5) is 4.41. The van der Waals surface area contributed by atoms with Crippen LogP contribution in [0, 0.1) is 0 Å². The molecule has 2 aromatic heterocycles. The van der Waals surface area contributed by atoms with Crippen molar-refractivity contribution in [1.82, 2.24) is 25.1 Å². The van der Waals surface area contributed by atoms with Gasteiger partial charge < -0.3 is 4.52 Å². The largest absolute Gasteiger partial charge is 0.338 e. The van der Waals surface area contributed by atoms with Gasteiger partial charge in [0.1, 0.15) is 0 Å². The first-order valence-electron chi connectivity index (χ1n) is 8.60. The fraction of sp³-hybridized carbons (Fsp3) is 0.444. The van der Waals surface area contributed by atoms with Crippen LogP contribution in [0.25, 0.3) is 11.5 Å². The minimum atomic E-state index is -2.59. The van der Waals surface area contributed by atoms with Crippen molar-refractivity contribution in [2.75, 3.05) is 0 Å². The molecule has 1 aromatic carbocycles. The quantitative estimate of drug-likeness (QED) is 0.708. The highest BCUT2D eigenvalue weighted by Crippen LogP contribution is 2.44. The van der Waals surface area contributed by atoms with E-state index in [0.717, 1.165) is 5.56 Å². The first-order chi connectivity index (χ1) is 12.4. The first kappa shape index (κ1) is 16.8. The van der Waals surface area contributed by atoms with E-state index in [-0.39, 0.29) is 12.8 Å². The SMILES string of the molecule is CC1(c2nc(-c3cn(Cc4ccccc4)nn3)no2)CCC(F)(F)CC1. The van der Waals surface area contributed by atoms with Crippen LogP contribution >= 0.6 is 0 Å². The Morgan fingerprint density at radius 2 is 1.85 bits per heavy atom. The van der Waals surface area contributed by atoms with Crippen molar-refractivity contribution in [3.05, 3.63) is 48.0 Å². The molecule has 1 aliphatic carbocycles. The van der Waals surface area contributed by atoms with Gasteiger partial charge in [-0.3, -0.25) is 0 Å². The maximum atomic E-state index is 13.4. The summed E-state index contributed by atoms with van der Waals surface area (Å²) in [5, 5.41) is 12.2. The average Bonchev–Trinajstić information content (AvgIpc) is 3.28. The van der Waals surface area contributed by atoms with Crippen molar-refractivity contribution in [2.45, 2.75) is 50.5 Å². The summed E-state index contributed by atoms with van der Waals surface area (Å²) in [6, 6.07) is 9.90. The van der Waals surface area contributed by atoms with Gasteiger partial charge in [-0.05, 0) is 18.4 Å². The third-order valence-electron chi connectivity index (χ3n) is 4.98. The zero-order valence-corrected chi connectivity index (χ0v) is 14.4. The number of benzene rings is 1. The highest BCUT2D eigenvalue weighted by molar-refractivity contribution is 5.45. The molecule has 136 valence electrons. The Hall–Kier alpha value is -2.64.